The Morgan fingerprint density at radius 1 is 1.21 bits per heavy atom. The zero-order chi connectivity index (χ0) is 13.4. The third-order valence-corrected chi connectivity index (χ3v) is 4.10. The zero-order valence-electron chi connectivity index (χ0n) is 10.7. The van der Waals surface area contributed by atoms with Gasteiger partial charge in [0.05, 0.1) is 0 Å². The zero-order valence-corrected chi connectivity index (χ0v) is 10.7. The number of halogens is 1. The Morgan fingerprint density at radius 3 is 2.37 bits per heavy atom. The van der Waals surface area contributed by atoms with Gasteiger partial charge in [-0.15, -0.1) is 0 Å². The minimum Gasteiger partial charge on any atom is -0.328 e. The second kappa shape index (κ2) is 4.81. The van der Waals surface area contributed by atoms with Gasteiger partial charge in [0.1, 0.15) is 5.82 Å². The van der Waals surface area contributed by atoms with Gasteiger partial charge in [0, 0.05) is 23.8 Å². The highest BCUT2D eigenvalue weighted by Crippen LogP contribution is 2.35. The van der Waals surface area contributed by atoms with Crippen LogP contribution in [0.2, 0.25) is 0 Å². The molecule has 19 heavy (non-hydrogen) atoms. The molecule has 2 saturated heterocycles. The molecule has 1 aromatic rings. The molecule has 2 unspecified atom stereocenters. The number of nitrogens with zero attached hydrogens (tertiary/aromatic N) is 1. The van der Waals surface area contributed by atoms with E-state index in [1.54, 1.807) is 12.1 Å². The van der Waals surface area contributed by atoms with Gasteiger partial charge in [0.2, 0.25) is 0 Å². The summed E-state index contributed by atoms with van der Waals surface area (Å²) in [5.41, 5.74) is 6.61. The maximum Gasteiger partial charge on any atom is 0.322 e. The average Bonchev–Trinajstić information content (AvgIpc) is 2.65. The van der Waals surface area contributed by atoms with Crippen molar-refractivity contribution in [2.75, 3.05) is 5.32 Å². The third kappa shape index (κ3) is 2.42. The number of anilines is 1. The first kappa shape index (κ1) is 12.4. The van der Waals surface area contributed by atoms with Crippen molar-refractivity contribution in [1.82, 2.24) is 4.90 Å². The highest BCUT2D eigenvalue weighted by molar-refractivity contribution is 5.90. The fourth-order valence-electron chi connectivity index (χ4n) is 3.27. The van der Waals surface area contributed by atoms with Gasteiger partial charge in [-0.2, -0.15) is 0 Å². The SMILES string of the molecule is NC1CC2CCC(C1)N2C(=O)Nc1ccc(F)cc1. The van der Waals surface area contributed by atoms with Crippen LogP contribution in [0, 0.1) is 5.82 Å². The van der Waals surface area contributed by atoms with Crippen LogP contribution < -0.4 is 11.1 Å². The number of nitrogens with one attached hydrogen (secondary N) is 1. The summed E-state index contributed by atoms with van der Waals surface area (Å²) in [6.07, 6.45) is 3.84. The van der Waals surface area contributed by atoms with E-state index in [0.717, 1.165) is 25.7 Å². The van der Waals surface area contributed by atoms with Crippen molar-refractivity contribution in [1.29, 1.82) is 0 Å². The van der Waals surface area contributed by atoms with Crippen LogP contribution >= 0.6 is 0 Å². The van der Waals surface area contributed by atoms with Gasteiger partial charge < -0.3 is 16.0 Å². The molecule has 2 bridgehead atoms. The Kier molecular flexibility index (Phi) is 3.14. The Balaban J connectivity index is 1.69. The molecule has 2 heterocycles. The van der Waals surface area contributed by atoms with Crippen LogP contribution in [-0.2, 0) is 0 Å². The topological polar surface area (TPSA) is 58.4 Å². The fourth-order valence-corrected chi connectivity index (χ4v) is 3.27. The number of urea groups is 1. The van der Waals surface area contributed by atoms with Gasteiger partial charge in [0.15, 0.2) is 0 Å². The number of carbonyl (C=O) groups excluding carboxylic acids is 1. The summed E-state index contributed by atoms with van der Waals surface area (Å²) in [7, 11) is 0. The van der Waals surface area contributed by atoms with Crippen LogP contribution in [0.25, 0.3) is 0 Å². The number of benzene rings is 1. The monoisotopic (exact) mass is 263 g/mol. The van der Waals surface area contributed by atoms with Crippen molar-refractivity contribution < 1.29 is 9.18 Å². The normalized spacial score (nSPS) is 29.4. The number of carbonyl (C=O) groups is 1. The molecule has 0 spiro atoms. The minimum absolute atomic E-state index is 0.0917. The molecule has 2 atom stereocenters. The van der Waals surface area contributed by atoms with E-state index < -0.39 is 0 Å². The predicted octanol–water partition coefficient (Wildman–Crippen LogP) is 2.31. The summed E-state index contributed by atoms with van der Waals surface area (Å²) in [5.74, 6) is -0.304. The molecule has 3 rings (SSSR count). The van der Waals surface area contributed by atoms with Gasteiger partial charge in [-0.05, 0) is 49.9 Å². The molecule has 2 aliphatic heterocycles. The summed E-state index contributed by atoms with van der Waals surface area (Å²) < 4.78 is 12.8. The van der Waals surface area contributed by atoms with Gasteiger partial charge in [0.25, 0.3) is 0 Å². The van der Waals surface area contributed by atoms with E-state index in [1.807, 2.05) is 4.90 Å². The van der Waals surface area contributed by atoms with E-state index in [9.17, 15) is 9.18 Å². The second-order valence-corrected chi connectivity index (χ2v) is 5.46. The van der Waals surface area contributed by atoms with Crippen molar-refractivity contribution in [3.63, 3.8) is 0 Å². The van der Waals surface area contributed by atoms with E-state index in [-0.39, 0.29) is 30.0 Å². The van der Waals surface area contributed by atoms with Gasteiger partial charge >= 0.3 is 6.03 Å². The molecule has 0 aromatic heterocycles. The maximum atomic E-state index is 12.8. The van der Waals surface area contributed by atoms with Crippen LogP contribution in [0.5, 0.6) is 0 Å². The van der Waals surface area contributed by atoms with Crippen LogP contribution in [0.15, 0.2) is 24.3 Å². The molecule has 0 aliphatic carbocycles. The molecule has 2 amide bonds. The maximum absolute atomic E-state index is 12.8. The van der Waals surface area contributed by atoms with E-state index >= 15 is 0 Å². The lowest BCUT2D eigenvalue weighted by molar-refractivity contribution is 0.150. The lowest BCUT2D eigenvalue weighted by Crippen LogP contribution is -2.51. The van der Waals surface area contributed by atoms with Crippen LogP contribution in [-0.4, -0.2) is 29.1 Å². The van der Waals surface area contributed by atoms with Crippen molar-refractivity contribution >= 4 is 11.7 Å². The van der Waals surface area contributed by atoms with E-state index in [0.29, 0.717) is 5.69 Å². The highest BCUT2D eigenvalue weighted by Gasteiger charge is 2.42. The lowest BCUT2D eigenvalue weighted by Gasteiger charge is -2.37. The van der Waals surface area contributed by atoms with Gasteiger partial charge in [-0.25, -0.2) is 9.18 Å². The van der Waals surface area contributed by atoms with Crippen molar-refractivity contribution in [3.8, 4) is 0 Å². The predicted molar refractivity (Wildman–Crippen MR) is 71.3 cm³/mol. The Labute approximate surface area is 111 Å². The summed E-state index contributed by atoms with van der Waals surface area (Å²) in [5, 5.41) is 2.83. The number of amides is 2. The molecule has 5 heteroatoms. The molecular formula is C14H18FN3O. The molecule has 102 valence electrons. The Morgan fingerprint density at radius 2 is 1.79 bits per heavy atom. The smallest absolute Gasteiger partial charge is 0.322 e. The highest BCUT2D eigenvalue weighted by atomic mass is 19.1. The van der Waals surface area contributed by atoms with E-state index in [1.165, 1.54) is 12.1 Å². The summed E-state index contributed by atoms with van der Waals surface area (Å²) in [4.78, 5) is 14.2. The fraction of sp³-hybridized carbons (Fsp3) is 0.500. The van der Waals surface area contributed by atoms with Crippen LogP contribution in [0.3, 0.4) is 0 Å². The van der Waals surface area contributed by atoms with Crippen molar-refractivity contribution in [2.45, 2.75) is 43.8 Å². The summed E-state index contributed by atoms with van der Waals surface area (Å²) in [6, 6.07) is 6.48. The lowest BCUT2D eigenvalue weighted by atomic mass is 9.99. The molecule has 3 N–H and O–H groups in total. The summed E-state index contributed by atoms with van der Waals surface area (Å²) >= 11 is 0. The minimum atomic E-state index is -0.304. The molecule has 4 nitrogen and oxygen atoms in total. The first-order valence-electron chi connectivity index (χ1n) is 6.74. The molecule has 1 aromatic carbocycles. The number of fused-ring (bicyclic) bond motifs is 2. The van der Waals surface area contributed by atoms with Crippen LogP contribution in [0.4, 0.5) is 14.9 Å². The number of hydrogen-bond donors (Lipinski definition) is 2. The molecule has 0 saturated carbocycles. The van der Waals surface area contributed by atoms with E-state index in [4.69, 9.17) is 5.73 Å². The molecular weight excluding hydrogens is 245 g/mol. The second-order valence-electron chi connectivity index (χ2n) is 5.46. The Bertz CT molecular complexity index is 462. The molecule has 2 aliphatic rings. The molecule has 2 fully saturated rings. The van der Waals surface area contributed by atoms with Gasteiger partial charge in [-0.3, -0.25) is 0 Å². The number of rotatable bonds is 1. The number of hydrogen-bond acceptors (Lipinski definition) is 2. The Hall–Kier alpha value is -1.62. The number of piperidine rings is 1. The first-order valence-corrected chi connectivity index (χ1v) is 6.74. The number of nitrogens with two attached hydrogens (primary N) is 1. The van der Waals surface area contributed by atoms with Crippen molar-refractivity contribution in [2.24, 2.45) is 5.73 Å². The van der Waals surface area contributed by atoms with Crippen LogP contribution in [0.1, 0.15) is 25.7 Å². The largest absolute Gasteiger partial charge is 0.328 e. The van der Waals surface area contributed by atoms with Crippen molar-refractivity contribution in [3.05, 3.63) is 30.1 Å². The summed E-state index contributed by atoms with van der Waals surface area (Å²) in [6.45, 7) is 0. The first-order chi connectivity index (χ1) is 9.13. The standard InChI is InChI=1S/C14H18FN3O/c15-9-1-3-11(4-2-9)17-14(19)18-12-5-6-13(18)8-10(16)7-12/h1-4,10,12-13H,5-8,16H2,(H,17,19). The average molecular weight is 263 g/mol. The van der Waals surface area contributed by atoms with E-state index in [2.05, 4.69) is 5.32 Å². The quantitative estimate of drug-likeness (QED) is 0.817. The van der Waals surface area contributed by atoms with Gasteiger partial charge in [-0.1, -0.05) is 0 Å². The molecule has 0 radical (unpaired) electrons. The third-order valence-electron chi connectivity index (χ3n) is 4.10.